The number of aryl methyl sites for hydroxylation is 1. The first-order valence-corrected chi connectivity index (χ1v) is 13.3. The number of anilines is 1. The van der Waals surface area contributed by atoms with Crippen molar-refractivity contribution >= 4 is 34.2 Å². The van der Waals surface area contributed by atoms with Crippen molar-refractivity contribution in [3.8, 4) is 11.1 Å². The van der Waals surface area contributed by atoms with Gasteiger partial charge in [-0.15, -0.1) is 0 Å². The molecule has 0 bridgehead atoms. The average Bonchev–Trinajstić information content (AvgIpc) is 3.30. The number of methoxy groups -OCH3 is 1. The number of hydrogen-bond acceptors (Lipinski definition) is 4. The SMILES string of the molecule is COC1CCC(n2c([C@@H]3CC(=O)N3c3ccc(F)c(F)c3)nc3cc(-c4cc(Cl)c(=O)n(C)c4)ccc32)CC1. The minimum absolute atomic E-state index is 0.131. The van der Waals surface area contributed by atoms with Crippen LogP contribution in [0.5, 0.6) is 0 Å². The van der Waals surface area contributed by atoms with Gasteiger partial charge in [0.2, 0.25) is 5.91 Å². The molecule has 0 radical (unpaired) electrons. The van der Waals surface area contributed by atoms with E-state index in [0.29, 0.717) is 11.5 Å². The molecule has 2 aromatic carbocycles. The number of halogens is 3. The van der Waals surface area contributed by atoms with E-state index in [1.807, 2.05) is 18.2 Å². The summed E-state index contributed by atoms with van der Waals surface area (Å²) in [4.78, 5) is 31.3. The van der Waals surface area contributed by atoms with Gasteiger partial charge in [0.05, 0.1) is 23.6 Å². The number of pyridine rings is 1. The van der Waals surface area contributed by atoms with E-state index >= 15 is 0 Å². The number of hydrogen-bond donors (Lipinski definition) is 0. The van der Waals surface area contributed by atoms with E-state index in [1.165, 1.54) is 15.5 Å². The molecule has 0 N–H and O–H groups in total. The Morgan fingerprint density at radius 3 is 2.41 bits per heavy atom. The van der Waals surface area contributed by atoms with Gasteiger partial charge >= 0.3 is 0 Å². The zero-order chi connectivity index (χ0) is 27.4. The number of β-lactam (4-membered cyclic amide) rings is 1. The van der Waals surface area contributed by atoms with Gasteiger partial charge in [0, 0.05) is 38.1 Å². The lowest BCUT2D eigenvalue weighted by atomic mass is 9.91. The van der Waals surface area contributed by atoms with Crippen LogP contribution < -0.4 is 10.5 Å². The molecule has 6 rings (SSSR count). The van der Waals surface area contributed by atoms with Crippen LogP contribution >= 0.6 is 11.6 Å². The van der Waals surface area contributed by atoms with Crippen molar-refractivity contribution in [1.29, 1.82) is 0 Å². The highest BCUT2D eigenvalue weighted by Gasteiger charge is 2.43. The van der Waals surface area contributed by atoms with Crippen LogP contribution in [0.15, 0.2) is 53.5 Å². The molecule has 3 heterocycles. The molecule has 1 saturated heterocycles. The second-order valence-electron chi connectivity index (χ2n) is 10.3. The highest BCUT2D eigenvalue weighted by molar-refractivity contribution is 6.30. The summed E-state index contributed by atoms with van der Waals surface area (Å²) in [5, 5.41) is 0.131. The number of carbonyl (C=O) groups is 1. The molecule has 2 fully saturated rings. The number of amides is 1. The summed E-state index contributed by atoms with van der Waals surface area (Å²) in [6, 6.07) is 10.8. The molecule has 1 saturated carbocycles. The summed E-state index contributed by atoms with van der Waals surface area (Å²) in [5.41, 5.74) is 3.33. The number of rotatable bonds is 5. The van der Waals surface area contributed by atoms with E-state index in [9.17, 15) is 18.4 Å². The number of nitrogens with zero attached hydrogens (tertiary/aromatic N) is 4. The predicted molar refractivity (Wildman–Crippen MR) is 145 cm³/mol. The van der Waals surface area contributed by atoms with Crippen LogP contribution in [0.1, 0.15) is 50.0 Å². The first kappa shape index (κ1) is 25.7. The monoisotopic (exact) mass is 552 g/mol. The maximum absolute atomic E-state index is 14.1. The normalized spacial score (nSPS) is 21.4. The first-order chi connectivity index (χ1) is 18.7. The zero-order valence-corrected chi connectivity index (χ0v) is 22.3. The number of imidazole rings is 1. The summed E-state index contributed by atoms with van der Waals surface area (Å²) in [6.45, 7) is 0. The summed E-state index contributed by atoms with van der Waals surface area (Å²) in [5.74, 6) is -1.42. The van der Waals surface area contributed by atoms with Gasteiger partial charge in [-0.1, -0.05) is 17.7 Å². The van der Waals surface area contributed by atoms with Gasteiger partial charge in [-0.25, -0.2) is 13.8 Å². The molecule has 10 heteroatoms. The van der Waals surface area contributed by atoms with Gasteiger partial charge in [0.1, 0.15) is 16.9 Å². The lowest BCUT2D eigenvalue weighted by molar-refractivity contribution is -0.124. The Balaban J connectivity index is 1.46. The van der Waals surface area contributed by atoms with Crippen molar-refractivity contribution in [1.82, 2.24) is 14.1 Å². The van der Waals surface area contributed by atoms with Gasteiger partial charge in [0.15, 0.2) is 11.6 Å². The fourth-order valence-electron chi connectivity index (χ4n) is 5.87. The van der Waals surface area contributed by atoms with Crippen LogP contribution in [-0.4, -0.2) is 33.2 Å². The summed E-state index contributed by atoms with van der Waals surface area (Å²) < 4.78 is 36.9. The Kier molecular flexibility index (Phi) is 6.51. The van der Waals surface area contributed by atoms with Crippen molar-refractivity contribution in [2.45, 2.75) is 50.3 Å². The van der Waals surface area contributed by atoms with E-state index in [1.54, 1.807) is 26.4 Å². The second-order valence-corrected chi connectivity index (χ2v) is 10.7. The van der Waals surface area contributed by atoms with Crippen LogP contribution in [-0.2, 0) is 16.6 Å². The van der Waals surface area contributed by atoms with E-state index < -0.39 is 17.7 Å². The van der Waals surface area contributed by atoms with E-state index in [4.69, 9.17) is 21.3 Å². The average molecular weight is 553 g/mol. The topological polar surface area (TPSA) is 69.4 Å². The number of carbonyl (C=O) groups excluding carboxylic acids is 1. The maximum atomic E-state index is 14.1. The number of fused-ring (bicyclic) bond motifs is 1. The Labute approximate surface area is 228 Å². The van der Waals surface area contributed by atoms with Gasteiger partial charge in [0.25, 0.3) is 5.56 Å². The minimum atomic E-state index is -1.00. The van der Waals surface area contributed by atoms with Crippen LogP contribution in [0.2, 0.25) is 5.02 Å². The third-order valence-electron chi connectivity index (χ3n) is 7.96. The number of ether oxygens (including phenoxy) is 1. The zero-order valence-electron chi connectivity index (χ0n) is 21.5. The van der Waals surface area contributed by atoms with Crippen molar-refractivity contribution in [3.63, 3.8) is 0 Å². The van der Waals surface area contributed by atoms with E-state index in [0.717, 1.165) is 60.0 Å². The van der Waals surface area contributed by atoms with Crippen LogP contribution in [0.4, 0.5) is 14.5 Å². The van der Waals surface area contributed by atoms with Crippen LogP contribution in [0.25, 0.3) is 22.2 Å². The van der Waals surface area contributed by atoms with Gasteiger partial charge in [-0.05, 0) is 67.1 Å². The van der Waals surface area contributed by atoms with E-state index in [2.05, 4.69) is 4.57 Å². The Morgan fingerprint density at radius 2 is 1.74 bits per heavy atom. The quantitative estimate of drug-likeness (QED) is 0.287. The highest BCUT2D eigenvalue weighted by atomic mass is 35.5. The van der Waals surface area contributed by atoms with E-state index in [-0.39, 0.29) is 35.1 Å². The van der Waals surface area contributed by atoms with Crippen LogP contribution in [0.3, 0.4) is 0 Å². The molecular formula is C29H27ClF2N4O3. The highest BCUT2D eigenvalue weighted by Crippen LogP contribution is 2.43. The lowest BCUT2D eigenvalue weighted by Gasteiger charge is -2.41. The van der Waals surface area contributed by atoms with Gasteiger partial charge in [-0.2, -0.15) is 0 Å². The third kappa shape index (κ3) is 4.43. The molecule has 4 aromatic rings. The molecule has 1 aliphatic heterocycles. The van der Waals surface area contributed by atoms with Gasteiger partial charge in [-0.3, -0.25) is 9.59 Å². The summed E-state index contributed by atoms with van der Waals surface area (Å²) in [7, 11) is 3.38. The summed E-state index contributed by atoms with van der Waals surface area (Å²) in [6.07, 6.45) is 5.76. The molecule has 0 unspecified atom stereocenters. The van der Waals surface area contributed by atoms with Gasteiger partial charge < -0.3 is 18.8 Å². The lowest BCUT2D eigenvalue weighted by Crippen LogP contribution is -2.48. The Morgan fingerprint density at radius 1 is 0.974 bits per heavy atom. The van der Waals surface area contributed by atoms with Crippen LogP contribution in [0, 0.1) is 11.6 Å². The molecule has 202 valence electrons. The molecule has 39 heavy (non-hydrogen) atoms. The maximum Gasteiger partial charge on any atom is 0.269 e. The van der Waals surface area contributed by atoms with Crippen molar-refractivity contribution in [2.24, 2.45) is 7.05 Å². The van der Waals surface area contributed by atoms with Crippen molar-refractivity contribution in [3.05, 3.63) is 81.5 Å². The molecule has 2 aromatic heterocycles. The second kappa shape index (κ2) is 9.88. The third-order valence-corrected chi connectivity index (χ3v) is 8.23. The Hall–Kier alpha value is -3.56. The molecule has 2 aliphatic rings. The number of benzene rings is 2. The summed E-state index contributed by atoms with van der Waals surface area (Å²) >= 11 is 6.17. The van der Waals surface area contributed by atoms with Crippen molar-refractivity contribution in [2.75, 3.05) is 12.0 Å². The fourth-order valence-corrected chi connectivity index (χ4v) is 6.12. The molecular weight excluding hydrogens is 526 g/mol. The Bertz CT molecular complexity index is 1630. The predicted octanol–water partition coefficient (Wildman–Crippen LogP) is 5.94. The molecule has 7 nitrogen and oxygen atoms in total. The molecule has 1 aliphatic carbocycles. The molecule has 0 spiro atoms. The largest absolute Gasteiger partial charge is 0.381 e. The minimum Gasteiger partial charge on any atom is -0.381 e. The smallest absolute Gasteiger partial charge is 0.269 e. The molecule has 1 atom stereocenters. The first-order valence-electron chi connectivity index (χ1n) is 12.9. The molecule has 1 amide bonds. The number of aromatic nitrogens is 3. The van der Waals surface area contributed by atoms with Crippen molar-refractivity contribution < 1.29 is 18.3 Å². The fraction of sp³-hybridized carbons (Fsp3) is 0.345. The standard InChI is InChI=1S/C29H27ClF2N4O3/c1-34-15-17(11-21(30)29(34)38)16-3-10-25-24(12-16)33-28(36(25)18-4-7-20(39-2)8-5-18)26-14-27(37)35(26)19-6-9-22(31)23(32)13-19/h3,6,9-13,15,18,20,26H,4-5,7-8,14H2,1-2H3/t18?,20?,26-/m0/s1.